The van der Waals surface area contributed by atoms with Gasteiger partial charge in [0.05, 0.1) is 0 Å². The van der Waals surface area contributed by atoms with Crippen molar-refractivity contribution in [1.29, 1.82) is 0 Å². The van der Waals surface area contributed by atoms with Crippen molar-refractivity contribution in [3.8, 4) is 0 Å². The molecule has 0 unspecified atom stereocenters. The Labute approximate surface area is 87.4 Å². The molecule has 60 valence electrons. The monoisotopic (exact) mass is 221 g/mol. The molecule has 0 aliphatic rings. The van der Waals surface area contributed by atoms with Crippen LogP contribution in [0.5, 0.6) is 0 Å². The first-order chi connectivity index (χ1) is 3.71. The first-order valence-electron chi connectivity index (χ1n) is 1.53. The normalized spacial score (nSPS) is 12.4. The van der Waals surface area contributed by atoms with Crippen LogP contribution in [-0.2, 0) is 13.4 Å². The van der Waals surface area contributed by atoms with Crippen molar-refractivity contribution in [1.82, 2.24) is 0 Å². The fraction of sp³-hybridized carbons (Fsp3) is 0. The maximum Gasteiger partial charge on any atom is 1.00 e. The zero-order valence-corrected chi connectivity index (χ0v) is 5.70. The van der Waals surface area contributed by atoms with Gasteiger partial charge in [-0.3, -0.25) is 0 Å². The second-order valence-electron chi connectivity index (χ2n) is 1.06. The van der Waals surface area contributed by atoms with Gasteiger partial charge in [-0.05, 0) is 0 Å². The Kier molecular flexibility index (Phi) is 6.36. The van der Waals surface area contributed by atoms with Gasteiger partial charge in [-0.2, -0.15) is 4.31 Å². The largest absolute Gasteiger partial charge is 1.00 e. The molecule has 0 atom stereocenters. The summed E-state index contributed by atoms with van der Waals surface area (Å²) in [5, 5.41) is 0. The number of phosphoric acid groups is 2. The Morgan fingerprint density at radius 3 is 1.20 bits per heavy atom. The SMILES string of the molecule is O=P(O)(O)OP(=O)(O)O.[CaH2].[H+]. The Bertz CT molecular complexity index is 157. The Morgan fingerprint density at radius 2 is 1.20 bits per heavy atom. The van der Waals surface area contributed by atoms with Gasteiger partial charge in [0.25, 0.3) is 0 Å². The van der Waals surface area contributed by atoms with E-state index >= 15 is 0 Å². The topological polar surface area (TPSA) is 124 Å². The van der Waals surface area contributed by atoms with Crippen molar-refractivity contribution in [2.75, 3.05) is 0 Å². The molecule has 0 amide bonds. The minimum Gasteiger partial charge on any atom is 1.00 e. The molecule has 10 heteroatoms. The van der Waals surface area contributed by atoms with Gasteiger partial charge in [0.1, 0.15) is 0 Å². The molecule has 0 saturated heterocycles. The van der Waals surface area contributed by atoms with Crippen LogP contribution in [0.25, 0.3) is 0 Å². The van der Waals surface area contributed by atoms with Crippen molar-refractivity contribution in [2.24, 2.45) is 0 Å². The molecule has 4 N–H and O–H groups in total. The standard InChI is InChI=1S/Ca.H4O7P2.2H/c;1-8(2,3)7-9(4,5)6;;/h;(H2,1,2,3)(H2,4,5,6);;/p+1. The molecule has 0 aromatic rings. The van der Waals surface area contributed by atoms with E-state index in [1.54, 1.807) is 0 Å². The molecule has 0 bridgehead atoms. The second kappa shape index (κ2) is 4.52. The van der Waals surface area contributed by atoms with Gasteiger partial charge in [0.2, 0.25) is 0 Å². The molecular formula is H7CaO7P2+. The van der Waals surface area contributed by atoms with Crippen LogP contribution in [0.3, 0.4) is 0 Å². The van der Waals surface area contributed by atoms with E-state index in [9.17, 15) is 9.13 Å². The average molecular weight is 221 g/mol. The first kappa shape index (κ1) is 14.1. The molecule has 0 aliphatic heterocycles. The molecule has 0 aromatic heterocycles. The van der Waals surface area contributed by atoms with Crippen molar-refractivity contribution < 1.29 is 34.4 Å². The third kappa shape index (κ3) is 12.2. The number of hydrogen-bond donors (Lipinski definition) is 4. The van der Waals surface area contributed by atoms with Crippen LogP contribution in [0, 0.1) is 0 Å². The van der Waals surface area contributed by atoms with E-state index < -0.39 is 15.6 Å². The molecule has 0 rings (SSSR count). The van der Waals surface area contributed by atoms with Crippen molar-refractivity contribution >= 4 is 53.4 Å². The quantitative estimate of drug-likeness (QED) is 0.326. The predicted octanol–water partition coefficient (Wildman–Crippen LogP) is -1.62. The minimum atomic E-state index is -5.05. The number of hydrogen-bond acceptors (Lipinski definition) is 3. The fourth-order valence-electron chi connectivity index (χ4n) is 0.139. The molecule has 0 saturated carbocycles. The third-order valence-electron chi connectivity index (χ3n) is 0.213. The summed E-state index contributed by atoms with van der Waals surface area (Å²) in [6.45, 7) is 0. The van der Waals surface area contributed by atoms with Gasteiger partial charge >= 0.3 is 54.8 Å². The predicted molar refractivity (Wildman–Crippen MR) is 34.8 cm³/mol. The van der Waals surface area contributed by atoms with Crippen LogP contribution < -0.4 is 0 Å². The Morgan fingerprint density at radius 1 is 1.00 bits per heavy atom. The van der Waals surface area contributed by atoms with Gasteiger partial charge in [0, 0.05) is 0 Å². The van der Waals surface area contributed by atoms with E-state index in [-0.39, 0.29) is 39.2 Å². The van der Waals surface area contributed by atoms with Gasteiger partial charge in [0.15, 0.2) is 0 Å². The van der Waals surface area contributed by atoms with E-state index in [0.717, 1.165) is 0 Å². The van der Waals surface area contributed by atoms with Gasteiger partial charge in [-0.1, -0.05) is 0 Å². The van der Waals surface area contributed by atoms with E-state index in [1.807, 2.05) is 0 Å². The van der Waals surface area contributed by atoms with E-state index in [0.29, 0.717) is 0 Å². The summed E-state index contributed by atoms with van der Waals surface area (Å²) < 4.78 is 22.2. The zero-order valence-electron chi connectivity index (χ0n) is 4.91. The van der Waals surface area contributed by atoms with Crippen molar-refractivity contribution in [3.05, 3.63) is 0 Å². The van der Waals surface area contributed by atoms with Crippen LogP contribution >= 0.6 is 15.6 Å². The second-order valence-corrected chi connectivity index (χ2v) is 3.68. The third-order valence-corrected chi connectivity index (χ3v) is 1.91. The van der Waals surface area contributed by atoms with Crippen molar-refractivity contribution in [3.63, 3.8) is 0 Å². The van der Waals surface area contributed by atoms with Crippen LogP contribution in [0.2, 0.25) is 0 Å². The maximum atomic E-state index is 9.63. The molecule has 10 heavy (non-hydrogen) atoms. The van der Waals surface area contributed by atoms with E-state index in [2.05, 4.69) is 4.31 Å². The van der Waals surface area contributed by atoms with Crippen LogP contribution in [0.15, 0.2) is 0 Å². The minimum absolute atomic E-state index is 0. The number of rotatable bonds is 2. The first-order valence-corrected chi connectivity index (χ1v) is 4.59. The van der Waals surface area contributed by atoms with Crippen LogP contribution in [0.4, 0.5) is 0 Å². The molecule has 0 heterocycles. The average Bonchev–Trinajstić information content (AvgIpc) is 1.14. The maximum absolute atomic E-state index is 9.63. The Balaban J connectivity index is -0.000000320. The van der Waals surface area contributed by atoms with Crippen LogP contribution in [-0.4, -0.2) is 57.3 Å². The molecule has 0 fully saturated rings. The van der Waals surface area contributed by atoms with E-state index in [1.165, 1.54) is 0 Å². The fourth-order valence-corrected chi connectivity index (χ4v) is 1.25. The van der Waals surface area contributed by atoms with Gasteiger partial charge < -0.3 is 19.6 Å². The zero-order chi connectivity index (χ0) is 7.71. The smallest absolute Gasteiger partial charge is 1.00 e. The molecule has 7 nitrogen and oxygen atoms in total. The Hall–Kier alpha value is 1.52. The summed E-state index contributed by atoms with van der Waals surface area (Å²) >= 11 is 0. The summed E-state index contributed by atoms with van der Waals surface area (Å²) in [6, 6.07) is 0. The van der Waals surface area contributed by atoms with Crippen LogP contribution in [0.1, 0.15) is 1.43 Å². The van der Waals surface area contributed by atoms with E-state index in [4.69, 9.17) is 19.6 Å². The molecule has 0 spiro atoms. The summed E-state index contributed by atoms with van der Waals surface area (Å²) in [5.41, 5.74) is 0. The molecular weight excluding hydrogens is 214 g/mol. The van der Waals surface area contributed by atoms with Gasteiger partial charge in [-0.25, -0.2) is 9.13 Å². The summed E-state index contributed by atoms with van der Waals surface area (Å²) in [7, 11) is -10.1. The summed E-state index contributed by atoms with van der Waals surface area (Å²) in [6.07, 6.45) is 0. The molecule has 0 aromatic carbocycles. The molecule has 0 radical (unpaired) electrons. The summed E-state index contributed by atoms with van der Waals surface area (Å²) in [5.74, 6) is 0. The summed E-state index contributed by atoms with van der Waals surface area (Å²) in [4.78, 5) is 31.0. The van der Waals surface area contributed by atoms with Crippen molar-refractivity contribution in [2.45, 2.75) is 0 Å². The van der Waals surface area contributed by atoms with Gasteiger partial charge in [-0.15, -0.1) is 0 Å². The molecule has 0 aliphatic carbocycles.